The van der Waals surface area contributed by atoms with Gasteiger partial charge < -0.3 is 14.8 Å². The Morgan fingerprint density at radius 2 is 2.26 bits per heavy atom. The van der Waals surface area contributed by atoms with Crippen molar-refractivity contribution >= 4 is 22.8 Å². The summed E-state index contributed by atoms with van der Waals surface area (Å²) >= 11 is 0. The van der Waals surface area contributed by atoms with E-state index in [0.717, 1.165) is 42.7 Å². The number of carbonyl (C=O) groups excluding carboxylic acids is 1. The second-order valence-corrected chi connectivity index (χ2v) is 6.78. The minimum Gasteiger partial charge on any atom is -0.349 e. The predicted molar refractivity (Wildman–Crippen MR) is 84.5 cm³/mol. The first kappa shape index (κ1) is 12.9. The van der Waals surface area contributed by atoms with Crippen LogP contribution in [0.2, 0.25) is 0 Å². The minimum atomic E-state index is -0.710. The summed E-state index contributed by atoms with van der Waals surface area (Å²) in [5.74, 6) is 0.985. The molecule has 4 heterocycles. The molecule has 2 aromatic rings. The molecule has 1 aliphatic carbocycles. The van der Waals surface area contributed by atoms with E-state index in [0.29, 0.717) is 6.54 Å². The van der Waals surface area contributed by atoms with Gasteiger partial charge in [0.25, 0.3) is 0 Å². The summed E-state index contributed by atoms with van der Waals surface area (Å²) in [7, 11) is 0. The molecule has 1 saturated carbocycles. The molecule has 118 valence electrons. The molecule has 0 unspecified atom stereocenters. The predicted octanol–water partition coefficient (Wildman–Crippen LogP) is 1.30. The number of aromatic amines is 1. The quantitative estimate of drug-likeness (QED) is 0.903. The fourth-order valence-electron chi connectivity index (χ4n) is 4.04. The highest BCUT2D eigenvalue weighted by molar-refractivity contribution is 5.90. The molecule has 2 atom stereocenters. The lowest BCUT2D eigenvalue weighted by molar-refractivity contribution is -0.136. The molecule has 23 heavy (non-hydrogen) atoms. The smallest absolute Gasteiger partial charge is 0.243 e. The summed E-state index contributed by atoms with van der Waals surface area (Å²) in [4.78, 5) is 28.7. The highest BCUT2D eigenvalue weighted by atomic mass is 16.2. The van der Waals surface area contributed by atoms with Gasteiger partial charge in [0.1, 0.15) is 23.2 Å². The van der Waals surface area contributed by atoms with E-state index in [-0.39, 0.29) is 19.4 Å². The average Bonchev–Trinajstić information content (AvgIpc) is 2.92. The van der Waals surface area contributed by atoms with Gasteiger partial charge in [-0.05, 0) is 25.3 Å². The number of amides is 1. The van der Waals surface area contributed by atoms with Crippen LogP contribution in [0.15, 0.2) is 18.6 Å². The normalized spacial score (nSPS) is 27.4. The topological polar surface area (TPSA) is 88.9 Å². The molecule has 2 aliphatic heterocycles. The first-order valence-corrected chi connectivity index (χ1v) is 7.99. The molecule has 2 aromatic heterocycles. The number of likely N-dealkylation sites (tertiary alicyclic amines) is 1. The number of nitrogens with one attached hydrogen (secondary N) is 1. The number of H-pyrrole nitrogens is 1. The Kier molecular flexibility index (Phi) is 2.36. The standard InChI is InChI=1S/C16H16N6O.H2/c17-8-16(2-3-16)15(23)22-7-10-5-11(22)6-21(10)14-12-1-4-18-13(12)19-9-20-14;/h1,4,9-11H,2-3,5-7H2,(H,18,19,20);1H/t10-,11-;/m0./s1. The van der Waals surface area contributed by atoms with Crippen molar-refractivity contribution in [3.63, 3.8) is 0 Å². The van der Waals surface area contributed by atoms with E-state index in [1.165, 1.54) is 0 Å². The molecule has 7 heteroatoms. The summed E-state index contributed by atoms with van der Waals surface area (Å²) < 4.78 is 0. The molecule has 3 fully saturated rings. The van der Waals surface area contributed by atoms with Crippen molar-refractivity contribution in [1.29, 1.82) is 5.26 Å². The van der Waals surface area contributed by atoms with Gasteiger partial charge in [0.15, 0.2) is 0 Å². The third kappa shape index (κ3) is 1.66. The monoisotopic (exact) mass is 310 g/mol. The van der Waals surface area contributed by atoms with Crippen molar-refractivity contribution < 1.29 is 6.22 Å². The van der Waals surface area contributed by atoms with Gasteiger partial charge in [0.05, 0.1) is 23.5 Å². The Morgan fingerprint density at radius 3 is 2.96 bits per heavy atom. The molecule has 5 rings (SSSR count). The van der Waals surface area contributed by atoms with E-state index in [1.54, 1.807) is 6.33 Å². The van der Waals surface area contributed by atoms with Gasteiger partial charge in [0.2, 0.25) is 5.91 Å². The van der Waals surface area contributed by atoms with Gasteiger partial charge in [-0.1, -0.05) is 0 Å². The van der Waals surface area contributed by atoms with E-state index in [4.69, 9.17) is 0 Å². The molecule has 3 aliphatic rings. The van der Waals surface area contributed by atoms with Gasteiger partial charge in [-0.15, -0.1) is 0 Å². The third-order valence-corrected chi connectivity index (χ3v) is 5.48. The summed E-state index contributed by atoms with van der Waals surface area (Å²) in [6.45, 7) is 1.48. The summed E-state index contributed by atoms with van der Waals surface area (Å²) in [6, 6.07) is 4.70. The Hall–Kier alpha value is -2.62. The zero-order valence-electron chi connectivity index (χ0n) is 12.6. The number of nitriles is 1. The van der Waals surface area contributed by atoms with E-state index < -0.39 is 5.41 Å². The molecule has 1 N–H and O–H groups in total. The molecule has 0 radical (unpaired) electrons. The Balaban J connectivity index is 0.00000146. The zero-order chi connectivity index (χ0) is 15.6. The van der Waals surface area contributed by atoms with Crippen LogP contribution in [0.1, 0.15) is 20.7 Å². The van der Waals surface area contributed by atoms with Crippen LogP contribution in [0.3, 0.4) is 0 Å². The molecular weight excluding hydrogens is 292 g/mol. The number of rotatable bonds is 2. The maximum absolute atomic E-state index is 12.6. The number of hydrogen-bond donors (Lipinski definition) is 1. The fourth-order valence-corrected chi connectivity index (χ4v) is 4.04. The minimum absolute atomic E-state index is 0. The second kappa shape index (κ2) is 4.22. The average molecular weight is 310 g/mol. The van der Waals surface area contributed by atoms with Crippen molar-refractivity contribution in [3.8, 4) is 6.07 Å². The lowest BCUT2D eigenvalue weighted by atomic mass is 10.1. The fraction of sp³-hybridized carbons (Fsp3) is 0.500. The summed E-state index contributed by atoms with van der Waals surface area (Å²) in [5.41, 5.74) is 0.130. The summed E-state index contributed by atoms with van der Waals surface area (Å²) in [5, 5.41) is 10.3. The first-order valence-electron chi connectivity index (χ1n) is 7.99. The van der Waals surface area contributed by atoms with Crippen LogP contribution in [0.5, 0.6) is 0 Å². The number of hydrogen-bond acceptors (Lipinski definition) is 5. The van der Waals surface area contributed by atoms with E-state index >= 15 is 0 Å². The van der Waals surface area contributed by atoms with Crippen molar-refractivity contribution in [2.45, 2.75) is 31.3 Å². The van der Waals surface area contributed by atoms with Crippen LogP contribution >= 0.6 is 0 Å². The van der Waals surface area contributed by atoms with Crippen molar-refractivity contribution in [1.82, 2.24) is 19.9 Å². The van der Waals surface area contributed by atoms with Crippen LogP contribution in [0, 0.1) is 16.7 Å². The van der Waals surface area contributed by atoms with Crippen molar-refractivity contribution in [2.75, 3.05) is 18.0 Å². The molecule has 2 saturated heterocycles. The number of carbonyl (C=O) groups is 1. The van der Waals surface area contributed by atoms with Crippen LogP contribution in [0.25, 0.3) is 11.0 Å². The second-order valence-electron chi connectivity index (χ2n) is 6.78. The number of anilines is 1. The first-order chi connectivity index (χ1) is 11.2. The van der Waals surface area contributed by atoms with Crippen LogP contribution in [-0.2, 0) is 4.79 Å². The van der Waals surface area contributed by atoms with Crippen LogP contribution in [-0.4, -0.2) is 50.9 Å². The Bertz CT molecular complexity index is 854. The van der Waals surface area contributed by atoms with Crippen LogP contribution < -0.4 is 4.90 Å². The molecule has 1 amide bonds. The van der Waals surface area contributed by atoms with Gasteiger partial charge >= 0.3 is 0 Å². The zero-order valence-corrected chi connectivity index (χ0v) is 12.6. The third-order valence-electron chi connectivity index (χ3n) is 5.48. The highest BCUT2D eigenvalue weighted by Crippen LogP contribution is 2.48. The highest BCUT2D eigenvalue weighted by Gasteiger charge is 2.57. The number of fused-ring (bicyclic) bond motifs is 3. The number of aromatic nitrogens is 3. The van der Waals surface area contributed by atoms with Gasteiger partial charge in [-0.3, -0.25) is 4.79 Å². The van der Waals surface area contributed by atoms with E-state index in [1.807, 2.05) is 17.2 Å². The SMILES string of the molecule is N#CC1(C(=O)N2C[C@@H]3C[C@H]2CN3c2ncnc3[nH]ccc23)CC1.[HH]. The lowest BCUT2D eigenvalue weighted by Gasteiger charge is -2.36. The number of nitrogens with zero attached hydrogens (tertiary/aromatic N) is 5. The van der Waals surface area contributed by atoms with E-state index in [9.17, 15) is 10.1 Å². The molecular formula is C16H18N6O. The van der Waals surface area contributed by atoms with Crippen LogP contribution in [0.4, 0.5) is 5.82 Å². The Labute approximate surface area is 134 Å². The number of piperazine rings is 1. The van der Waals surface area contributed by atoms with Gasteiger partial charge in [-0.25, -0.2) is 9.97 Å². The molecule has 0 spiro atoms. The largest absolute Gasteiger partial charge is 0.349 e. The van der Waals surface area contributed by atoms with Gasteiger partial charge in [0, 0.05) is 20.7 Å². The van der Waals surface area contributed by atoms with E-state index in [2.05, 4.69) is 25.9 Å². The molecule has 2 bridgehead atoms. The molecule has 0 aromatic carbocycles. The molecule has 7 nitrogen and oxygen atoms in total. The summed E-state index contributed by atoms with van der Waals surface area (Å²) in [6.07, 6.45) is 5.85. The maximum atomic E-state index is 12.6. The van der Waals surface area contributed by atoms with Crippen molar-refractivity contribution in [2.24, 2.45) is 5.41 Å². The maximum Gasteiger partial charge on any atom is 0.243 e. The van der Waals surface area contributed by atoms with Crippen molar-refractivity contribution in [3.05, 3.63) is 18.6 Å². The van der Waals surface area contributed by atoms with Gasteiger partial charge in [-0.2, -0.15) is 5.26 Å². The Morgan fingerprint density at radius 1 is 1.39 bits per heavy atom. The lowest BCUT2D eigenvalue weighted by Crippen LogP contribution is -2.51.